The van der Waals surface area contributed by atoms with Crippen molar-refractivity contribution in [2.24, 2.45) is 29.6 Å². The van der Waals surface area contributed by atoms with E-state index >= 15 is 0 Å². The number of allylic oxidation sites excluding steroid dienone is 2. The van der Waals surface area contributed by atoms with Gasteiger partial charge in [-0.3, -0.25) is 19.3 Å². The first-order valence-electron chi connectivity index (χ1n) is 12.0. The minimum Gasteiger partial charge on any atom is -0.493 e. The number of nitrogens with zero attached hydrogens (tertiary/aromatic N) is 1. The Morgan fingerprint density at radius 3 is 2.37 bits per heavy atom. The third-order valence-electron chi connectivity index (χ3n) is 7.48. The highest BCUT2D eigenvalue weighted by atomic mass is 16.5. The summed E-state index contributed by atoms with van der Waals surface area (Å²) >= 11 is 0. The lowest BCUT2D eigenvalue weighted by Gasteiger charge is -2.26. The lowest BCUT2D eigenvalue weighted by Crippen LogP contribution is -2.32. The molecule has 1 saturated carbocycles. The van der Waals surface area contributed by atoms with Crippen molar-refractivity contribution in [2.75, 3.05) is 25.7 Å². The second-order valence-electron chi connectivity index (χ2n) is 9.54. The molecule has 2 aliphatic carbocycles. The number of rotatable bonds is 8. The van der Waals surface area contributed by atoms with Crippen LogP contribution in [0.25, 0.3) is 0 Å². The smallest absolute Gasteiger partial charge is 0.238 e. The van der Waals surface area contributed by atoms with Gasteiger partial charge in [0, 0.05) is 5.56 Å². The molecule has 3 unspecified atom stereocenters. The summed E-state index contributed by atoms with van der Waals surface area (Å²) in [5, 5.41) is 0. The van der Waals surface area contributed by atoms with E-state index in [1.165, 1.54) is 19.1 Å². The summed E-state index contributed by atoms with van der Waals surface area (Å²) < 4.78 is 16.1. The van der Waals surface area contributed by atoms with Crippen LogP contribution in [0, 0.1) is 29.6 Å². The molecule has 182 valence electrons. The first-order valence-corrected chi connectivity index (χ1v) is 12.0. The molecule has 1 aliphatic heterocycles. The molecule has 0 bridgehead atoms. The fourth-order valence-corrected chi connectivity index (χ4v) is 5.42. The molecule has 35 heavy (non-hydrogen) atoms. The molecule has 5 atom stereocenters. The summed E-state index contributed by atoms with van der Waals surface area (Å²) in [6.45, 7) is 2.04. The van der Waals surface area contributed by atoms with Crippen molar-refractivity contribution in [3.8, 4) is 17.2 Å². The van der Waals surface area contributed by atoms with Crippen molar-refractivity contribution < 1.29 is 28.6 Å². The normalized spacial score (nSPS) is 26.9. The van der Waals surface area contributed by atoms with Crippen molar-refractivity contribution >= 4 is 23.3 Å². The van der Waals surface area contributed by atoms with E-state index in [9.17, 15) is 14.4 Å². The molecule has 0 radical (unpaired) electrons. The van der Waals surface area contributed by atoms with Crippen LogP contribution in [0.5, 0.6) is 17.2 Å². The average molecular weight is 476 g/mol. The van der Waals surface area contributed by atoms with Gasteiger partial charge in [0.1, 0.15) is 5.75 Å². The van der Waals surface area contributed by atoms with Crippen LogP contribution in [0.3, 0.4) is 0 Å². The van der Waals surface area contributed by atoms with E-state index in [0.717, 1.165) is 6.42 Å². The van der Waals surface area contributed by atoms with Crippen LogP contribution in [0.1, 0.15) is 30.1 Å². The predicted molar refractivity (Wildman–Crippen MR) is 130 cm³/mol. The van der Waals surface area contributed by atoms with Crippen molar-refractivity contribution in [1.82, 2.24) is 0 Å². The number of Topliss-reactive ketones (excluding diaryl/α,β-unsaturated/α-hetero) is 1. The van der Waals surface area contributed by atoms with E-state index in [2.05, 4.69) is 19.1 Å². The third-order valence-corrected chi connectivity index (χ3v) is 7.48. The third kappa shape index (κ3) is 4.20. The Bertz CT molecular complexity index is 1190. The molecule has 2 fully saturated rings. The number of carbonyl (C=O) groups is 3. The van der Waals surface area contributed by atoms with Crippen LogP contribution in [0.15, 0.2) is 54.6 Å². The lowest BCUT2D eigenvalue weighted by molar-refractivity contribution is -0.122. The van der Waals surface area contributed by atoms with Gasteiger partial charge in [0.2, 0.25) is 11.8 Å². The number of amides is 2. The van der Waals surface area contributed by atoms with Gasteiger partial charge in [-0.2, -0.15) is 0 Å². The Hall–Kier alpha value is -3.61. The first-order chi connectivity index (χ1) is 16.9. The van der Waals surface area contributed by atoms with Gasteiger partial charge in [-0.25, -0.2) is 0 Å². The van der Waals surface area contributed by atoms with E-state index < -0.39 is 0 Å². The van der Waals surface area contributed by atoms with Crippen LogP contribution in [-0.2, 0) is 9.59 Å². The Balaban J connectivity index is 1.25. The summed E-state index contributed by atoms with van der Waals surface area (Å²) in [5.41, 5.74) is 0.985. The van der Waals surface area contributed by atoms with E-state index in [-0.39, 0.29) is 42.0 Å². The molecule has 2 aromatic carbocycles. The summed E-state index contributed by atoms with van der Waals surface area (Å²) in [5.74, 6) is 1.76. The molecule has 0 aromatic heterocycles. The van der Waals surface area contributed by atoms with Gasteiger partial charge in [0.15, 0.2) is 23.9 Å². The molecule has 3 aliphatic rings. The Morgan fingerprint density at radius 1 is 1.00 bits per heavy atom. The zero-order valence-electron chi connectivity index (χ0n) is 20.1. The van der Waals surface area contributed by atoms with Gasteiger partial charge in [0.05, 0.1) is 31.7 Å². The number of ether oxygens (including phenoxy) is 3. The van der Waals surface area contributed by atoms with Crippen molar-refractivity contribution in [1.29, 1.82) is 0 Å². The summed E-state index contributed by atoms with van der Waals surface area (Å²) in [7, 11) is 3.05. The average Bonchev–Trinajstić information content (AvgIpc) is 3.56. The maximum absolute atomic E-state index is 13.3. The topological polar surface area (TPSA) is 82.1 Å². The fourth-order valence-electron chi connectivity index (χ4n) is 5.42. The second kappa shape index (κ2) is 9.21. The molecule has 0 spiro atoms. The van der Waals surface area contributed by atoms with E-state index in [1.807, 2.05) is 0 Å². The SMILES string of the molecule is COc1ccc(C(=O)COc2ccc(N3C(=O)C4CC=CC([C@H]5C[C@H]5C)C4C3=O)cc2)cc1OC. The van der Waals surface area contributed by atoms with E-state index in [0.29, 0.717) is 46.8 Å². The number of carbonyl (C=O) groups excluding carboxylic acids is 3. The van der Waals surface area contributed by atoms with Crippen molar-refractivity contribution in [3.63, 3.8) is 0 Å². The van der Waals surface area contributed by atoms with Crippen LogP contribution in [0.2, 0.25) is 0 Å². The van der Waals surface area contributed by atoms with Gasteiger partial charge in [-0.15, -0.1) is 0 Å². The van der Waals surface area contributed by atoms with Gasteiger partial charge >= 0.3 is 0 Å². The Kier molecular flexibility index (Phi) is 6.09. The quantitative estimate of drug-likeness (QED) is 0.322. The Morgan fingerprint density at radius 2 is 1.71 bits per heavy atom. The number of imide groups is 1. The number of methoxy groups -OCH3 is 2. The highest BCUT2D eigenvalue weighted by Crippen LogP contribution is 2.53. The van der Waals surface area contributed by atoms with Gasteiger partial charge in [-0.1, -0.05) is 19.1 Å². The maximum atomic E-state index is 13.3. The minimum atomic E-state index is -0.277. The summed E-state index contributed by atoms with van der Waals surface area (Å²) in [6.07, 6.45) is 5.95. The maximum Gasteiger partial charge on any atom is 0.238 e. The van der Waals surface area contributed by atoms with Crippen LogP contribution in [-0.4, -0.2) is 38.4 Å². The Labute approximate surface area is 204 Å². The molecule has 7 nitrogen and oxygen atoms in total. The monoisotopic (exact) mass is 475 g/mol. The molecular formula is C28H29NO6. The van der Waals surface area contributed by atoms with Crippen molar-refractivity contribution in [3.05, 3.63) is 60.2 Å². The zero-order valence-corrected chi connectivity index (χ0v) is 20.1. The summed E-state index contributed by atoms with van der Waals surface area (Å²) in [6, 6.07) is 11.7. The molecule has 1 saturated heterocycles. The second-order valence-corrected chi connectivity index (χ2v) is 9.54. The number of benzene rings is 2. The number of hydrogen-bond donors (Lipinski definition) is 0. The van der Waals surface area contributed by atoms with Gasteiger partial charge in [0.25, 0.3) is 0 Å². The highest BCUT2D eigenvalue weighted by molar-refractivity contribution is 6.22. The molecule has 1 heterocycles. The number of fused-ring (bicyclic) bond motifs is 1. The molecular weight excluding hydrogens is 446 g/mol. The largest absolute Gasteiger partial charge is 0.493 e. The molecule has 5 rings (SSSR count). The molecule has 2 aromatic rings. The number of ketones is 1. The minimum absolute atomic E-state index is 0.106. The molecule has 0 N–H and O–H groups in total. The van der Waals surface area contributed by atoms with Crippen molar-refractivity contribution in [2.45, 2.75) is 19.8 Å². The first kappa shape index (κ1) is 23.1. The predicted octanol–water partition coefficient (Wildman–Crippen LogP) is 4.30. The van der Waals surface area contributed by atoms with E-state index in [4.69, 9.17) is 14.2 Å². The number of anilines is 1. The van der Waals surface area contributed by atoms with E-state index in [1.54, 1.807) is 42.5 Å². The molecule has 2 amide bonds. The standard InChI is InChI=1S/C28H29NO6/c1-16-13-22(16)20-5-4-6-21-26(20)28(32)29(27(21)31)18-8-10-19(11-9-18)35-15-23(30)17-7-12-24(33-2)25(14-17)34-3/h4-5,7-12,14,16,20-22,26H,6,13,15H2,1-3H3/t16-,20?,21?,22+,26?/m1/s1. The molecule has 7 heteroatoms. The van der Waals surface area contributed by atoms with Crippen LogP contribution in [0.4, 0.5) is 5.69 Å². The number of hydrogen-bond acceptors (Lipinski definition) is 6. The van der Waals surface area contributed by atoms with Crippen LogP contribution < -0.4 is 19.1 Å². The zero-order chi connectivity index (χ0) is 24.7. The van der Waals surface area contributed by atoms with Crippen LogP contribution >= 0.6 is 0 Å². The van der Waals surface area contributed by atoms with Gasteiger partial charge < -0.3 is 14.2 Å². The lowest BCUT2D eigenvalue weighted by atomic mass is 9.75. The fraction of sp³-hybridized carbons (Fsp3) is 0.393. The highest BCUT2D eigenvalue weighted by Gasteiger charge is 2.56. The summed E-state index contributed by atoms with van der Waals surface area (Å²) in [4.78, 5) is 40.4. The van der Waals surface area contributed by atoms with Gasteiger partial charge in [-0.05, 0) is 73.1 Å².